The number of sulfonamides is 1. The molecule has 2 N–H and O–H groups in total. The molecule has 1 aromatic heterocycles. The highest BCUT2D eigenvalue weighted by Crippen LogP contribution is 2.56. The number of nitrogens with one attached hydrogen (secondary N) is 2. The van der Waals surface area contributed by atoms with Crippen LogP contribution in [0.3, 0.4) is 0 Å². The van der Waals surface area contributed by atoms with Crippen LogP contribution < -0.4 is 10.6 Å². The highest BCUT2D eigenvalue weighted by molar-refractivity contribution is 7.89. The zero-order chi connectivity index (χ0) is 19.1. The monoisotopic (exact) mass is 395 g/mol. The van der Waals surface area contributed by atoms with Gasteiger partial charge in [0.05, 0.1) is 6.20 Å². The van der Waals surface area contributed by atoms with E-state index in [-0.39, 0.29) is 23.0 Å². The number of hydrogen-bond acceptors (Lipinski definition) is 4. The topological polar surface area (TPSA) is 96.3 Å². The molecule has 0 aromatic carbocycles. The van der Waals surface area contributed by atoms with Crippen molar-refractivity contribution in [3.8, 4) is 0 Å². The van der Waals surface area contributed by atoms with E-state index in [1.54, 1.807) is 7.05 Å². The van der Waals surface area contributed by atoms with Crippen molar-refractivity contribution in [1.82, 2.24) is 24.7 Å². The number of rotatable bonds is 4. The molecule has 2 aliphatic carbocycles. The van der Waals surface area contributed by atoms with Crippen LogP contribution in [-0.2, 0) is 17.1 Å². The summed E-state index contributed by atoms with van der Waals surface area (Å²) in [5.74, 6) is 0. The summed E-state index contributed by atoms with van der Waals surface area (Å²) in [4.78, 5) is 12.5. The maximum Gasteiger partial charge on any atom is 0.315 e. The molecule has 1 saturated heterocycles. The second-order valence-electron chi connectivity index (χ2n) is 8.42. The smallest absolute Gasteiger partial charge is 0.315 e. The highest BCUT2D eigenvalue weighted by Gasteiger charge is 2.44. The van der Waals surface area contributed by atoms with E-state index in [1.165, 1.54) is 47.1 Å². The molecule has 0 radical (unpaired) electrons. The lowest BCUT2D eigenvalue weighted by Gasteiger charge is -2.33. The molecule has 8 nitrogen and oxygen atoms in total. The van der Waals surface area contributed by atoms with Crippen LogP contribution in [0.15, 0.2) is 17.3 Å². The molecule has 4 rings (SSSR count). The van der Waals surface area contributed by atoms with E-state index in [0.717, 1.165) is 12.8 Å². The van der Waals surface area contributed by atoms with Crippen LogP contribution >= 0.6 is 0 Å². The van der Waals surface area contributed by atoms with Crippen molar-refractivity contribution in [2.45, 2.75) is 68.3 Å². The number of aryl methyl sites for hydroxylation is 1. The lowest BCUT2D eigenvalue weighted by molar-refractivity contribution is 0.213. The molecule has 2 heterocycles. The molecule has 1 aliphatic heterocycles. The molecule has 2 saturated carbocycles. The largest absolute Gasteiger partial charge is 0.335 e. The second kappa shape index (κ2) is 7.09. The first kappa shape index (κ1) is 18.7. The van der Waals surface area contributed by atoms with Crippen LogP contribution in [0.4, 0.5) is 4.79 Å². The van der Waals surface area contributed by atoms with Gasteiger partial charge in [-0.05, 0) is 56.8 Å². The summed E-state index contributed by atoms with van der Waals surface area (Å²) < 4.78 is 28.2. The third kappa shape index (κ3) is 4.13. The minimum atomic E-state index is -3.50. The van der Waals surface area contributed by atoms with Crippen LogP contribution in [0.1, 0.15) is 51.4 Å². The molecular formula is C18H29N5O3S. The first-order chi connectivity index (χ1) is 12.9. The van der Waals surface area contributed by atoms with Crippen LogP contribution in [0.25, 0.3) is 0 Å². The Balaban J connectivity index is 1.23. The average molecular weight is 396 g/mol. The van der Waals surface area contributed by atoms with E-state index >= 15 is 0 Å². The number of amides is 2. The maximum absolute atomic E-state index is 12.6. The molecular weight excluding hydrogens is 366 g/mol. The Morgan fingerprint density at radius 3 is 2.19 bits per heavy atom. The molecule has 2 amide bonds. The number of piperidine rings is 1. The van der Waals surface area contributed by atoms with Gasteiger partial charge in [-0.3, -0.25) is 4.68 Å². The van der Waals surface area contributed by atoms with Gasteiger partial charge < -0.3 is 10.6 Å². The van der Waals surface area contributed by atoms with Gasteiger partial charge in [-0.1, -0.05) is 0 Å². The fraction of sp³-hybridized carbons (Fsp3) is 0.778. The number of carbonyl (C=O) groups excluding carboxylic acids is 1. The lowest BCUT2D eigenvalue weighted by atomic mass is 9.83. The van der Waals surface area contributed by atoms with Gasteiger partial charge >= 0.3 is 6.03 Å². The third-order valence-electron chi connectivity index (χ3n) is 6.45. The van der Waals surface area contributed by atoms with Crippen molar-refractivity contribution >= 4 is 16.1 Å². The summed E-state index contributed by atoms with van der Waals surface area (Å²) in [6.45, 7) is 0.822. The van der Waals surface area contributed by atoms with Crippen molar-refractivity contribution in [1.29, 1.82) is 0 Å². The van der Waals surface area contributed by atoms with Crippen LogP contribution in [-0.4, -0.2) is 53.7 Å². The third-order valence-corrected chi connectivity index (χ3v) is 8.30. The van der Waals surface area contributed by atoms with E-state index in [1.807, 2.05) is 0 Å². The van der Waals surface area contributed by atoms with Gasteiger partial charge in [-0.25, -0.2) is 13.2 Å². The van der Waals surface area contributed by atoms with Gasteiger partial charge in [0.25, 0.3) is 0 Å². The SMILES string of the molecule is Cn1cc(S(=O)(=O)N2CCC(NC(=O)NC3CCC4(CC3)CC4)CC2)cn1. The van der Waals surface area contributed by atoms with Crippen LogP contribution in [0.5, 0.6) is 0 Å². The summed E-state index contributed by atoms with van der Waals surface area (Å²) in [6, 6.07) is 0.186. The Morgan fingerprint density at radius 2 is 1.67 bits per heavy atom. The predicted octanol–water partition coefficient (Wildman–Crippen LogP) is 1.60. The Morgan fingerprint density at radius 1 is 1.07 bits per heavy atom. The summed E-state index contributed by atoms with van der Waals surface area (Å²) in [5.41, 5.74) is 0.626. The molecule has 0 unspecified atom stereocenters. The van der Waals surface area contributed by atoms with Gasteiger partial charge in [0.1, 0.15) is 4.90 Å². The minimum Gasteiger partial charge on any atom is -0.335 e. The van der Waals surface area contributed by atoms with Gasteiger partial charge in [0.2, 0.25) is 10.0 Å². The Bertz CT molecular complexity index is 784. The summed E-state index contributed by atoms with van der Waals surface area (Å²) in [7, 11) is -1.80. The number of aromatic nitrogens is 2. The average Bonchev–Trinajstić information content (AvgIpc) is 3.25. The first-order valence-electron chi connectivity index (χ1n) is 9.92. The molecule has 0 bridgehead atoms. The van der Waals surface area contributed by atoms with Gasteiger partial charge in [-0.2, -0.15) is 9.40 Å². The number of hydrogen-bond donors (Lipinski definition) is 2. The molecule has 3 aliphatic rings. The standard InChI is InChI=1S/C18H29N5O3S/c1-22-13-16(12-19-22)27(25,26)23-10-4-15(5-11-23)21-17(24)20-14-2-6-18(7-3-14)8-9-18/h12-15H,2-11H2,1H3,(H2,20,21,24). The van der Waals surface area contributed by atoms with Crippen LogP contribution in [0, 0.1) is 5.41 Å². The quantitative estimate of drug-likeness (QED) is 0.809. The molecule has 0 atom stereocenters. The first-order valence-corrected chi connectivity index (χ1v) is 11.4. The maximum atomic E-state index is 12.6. The van der Waals surface area contributed by atoms with E-state index in [9.17, 15) is 13.2 Å². The number of urea groups is 1. The normalized spacial score (nSPS) is 24.0. The number of nitrogens with zero attached hydrogens (tertiary/aromatic N) is 3. The van der Waals surface area contributed by atoms with Crippen molar-refractivity contribution in [2.24, 2.45) is 12.5 Å². The van der Waals surface area contributed by atoms with E-state index < -0.39 is 10.0 Å². The highest BCUT2D eigenvalue weighted by atomic mass is 32.2. The molecule has 3 fully saturated rings. The Labute approximate surface area is 160 Å². The molecule has 27 heavy (non-hydrogen) atoms. The van der Waals surface area contributed by atoms with E-state index in [2.05, 4.69) is 15.7 Å². The molecule has 150 valence electrons. The fourth-order valence-electron chi connectivity index (χ4n) is 4.39. The van der Waals surface area contributed by atoms with E-state index in [0.29, 0.717) is 31.3 Å². The predicted molar refractivity (Wildman–Crippen MR) is 101 cm³/mol. The summed E-state index contributed by atoms with van der Waals surface area (Å²) in [6.07, 6.45) is 11.5. The zero-order valence-corrected chi connectivity index (χ0v) is 16.7. The van der Waals surface area contributed by atoms with Crippen molar-refractivity contribution < 1.29 is 13.2 Å². The fourth-order valence-corrected chi connectivity index (χ4v) is 5.84. The van der Waals surface area contributed by atoms with Gasteiger partial charge in [0, 0.05) is 38.4 Å². The van der Waals surface area contributed by atoms with Gasteiger partial charge in [0.15, 0.2) is 0 Å². The molecule has 1 aromatic rings. The van der Waals surface area contributed by atoms with Crippen molar-refractivity contribution in [2.75, 3.05) is 13.1 Å². The van der Waals surface area contributed by atoms with E-state index in [4.69, 9.17) is 0 Å². The summed E-state index contributed by atoms with van der Waals surface area (Å²) in [5, 5.41) is 10.1. The Kier molecular flexibility index (Phi) is 4.92. The zero-order valence-electron chi connectivity index (χ0n) is 15.9. The molecule has 9 heteroatoms. The Hall–Kier alpha value is -1.61. The lowest BCUT2D eigenvalue weighted by Crippen LogP contribution is -2.51. The number of carbonyl (C=O) groups is 1. The van der Waals surface area contributed by atoms with Crippen molar-refractivity contribution in [3.63, 3.8) is 0 Å². The van der Waals surface area contributed by atoms with Crippen molar-refractivity contribution in [3.05, 3.63) is 12.4 Å². The van der Waals surface area contributed by atoms with Crippen LogP contribution in [0.2, 0.25) is 0 Å². The van der Waals surface area contributed by atoms with Gasteiger partial charge in [-0.15, -0.1) is 0 Å². The summed E-state index contributed by atoms with van der Waals surface area (Å²) >= 11 is 0. The second-order valence-corrected chi connectivity index (χ2v) is 10.4. The molecule has 1 spiro atoms. The minimum absolute atomic E-state index is 0.0173.